The molecule has 1 atom stereocenters. The van der Waals surface area contributed by atoms with E-state index in [0.29, 0.717) is 31.1 Å². The third-order valence-corrected chi connectivity index (χ3v) is 8.27. The van der Waals surface area contributed by atoms with Crippen molar-refractivity contribution in [3.8, 4) is 0 Å². The Balaban J connectivity index is 1.69. The van der Waals surface area contributed by atoms with E-state index in [1.165, 1.54) is 35.4 Å². The number of nitrogens with zero attached hydrogens (tertiary/aromatic N) is 4. The molecular formula is C26H33FN6O2S. The molecule has 10 heteroatoms. The normalized spacial score (nSPS) is 17.4. The monoisotopic (exact) mass is 512 g/mol. The van der Waals surface area contributed by atoms with Gasteiger partial charge in [0.05, 0.1) is 6.20 Å². The van der Waals surface area contributed by atoms with E-state index in [1.54, 1.807) is 23.5 Å². The van der Waals surface area contributed by atoms with Crippen LogP contribution in [0.3, 0.4) is 0 Å². The molecule has 0 bridgehead atoms. The van der Waals surface area contributed by atoms with Gasteiger partial charge in [0.15, 0.2) is 0 Å². The minimum absolute atomic E-state index is 0.161. The molecule has 2 aromatic carbocycles. The van der Waals surface area contributed by atoms with Gasteiger partial charge in [0.1, 0.15) is 10.7 Å². The van der Waals surface area contributed by atoms with Gasteiger partial charge < -0.3 is 10.7 Å². The van der Waals surface area contributed by atoms with E-state index in [2.05, 4.69) is 29.2 Å². The van der Waals surface area contributed by atoms with Gasteiger partial charge in [0.25, 0.3) is 0 Å². The van der Waals surface area contributed by atoms with Gasteiger partial charge in [-0.1, -0.05) is 13.8 Å². The fourth-order valence-electron chi connectivity index (χ4n) is 4.70. The maximum absolute atomic E-state index is 13.4. The number of anilines is 2. The van der Waals surface area contributed by atoms with Gasteiger partial charge in [-0.2, -0.15) is 9.40 Å². The van der Waals surface area contributed by atoms with E-state index >= 15 is 0 Å². The third-order valence-electron chi connectivity index (χ3n) is 6.45. The number of hydrogen-bond acceptors (Lipinski definition) is 6. The molecule has 0 aliphatic carbocycles. The number of benzene rings is 2. The van der Waals surface area contributed by atoms with Crippen molar-refractivity contribution in [3.63, 3.8) is 0 Å². The number of halogens is 1. The molecule has 0 spiro atoms. The topological polar surface area (TPSA) is 94.3 Å². The largest absolute Gasteiger partial charge is 0.355 e. The Morgan fingerprint density at radius 2 is 1.94 bits per heavy atom. The Hall–Kier alpha value is -3.08. The van der Waals surface area contributed by atoms with Crippen LogP contribution >= 0.6 is 0 Å². The molecule has 3 aromatic rings. The summed E-state index contributed by atoms with van der Waals surface area (Å²) < 4.78 is 43.1. The molecule has 2 N–H and O–H groups in total. The van der Waals surface area contributed by atoms with Crippen LogP contribution in [0.1, 0.15) is 36.6 Å². The van der Waals surface area contributed by atoms with Gasteiger partial charge in [0, 0.05) is 68.6 Å². The first kappa shape index (κ1) is 26.0. The Morgan fingerprint density at radius 3 is 2.56 bits per heavy atom. The molecule has 0 unspecified atom stereocenters. The number of rotatable bonds is 8. The average molecular weight is 513 g/mol. The quantitative estimate of drug-likeness (QED) is 0.439. The molecule has 1 aliphatic heterocycles. The first-order chi connectivity index (χ1) is 17.1. The maximum Gasteiger partial charge on any atom is 0.246 e. The Labute approximate surface area is 212 Å². The van der Waals surface area contributed by atoms with Crippen LogP contribution in [0.15, 0.2) is 53.7 Å². The summed E-state index contributed by atoms with van der Waals surface area (Å²) in [5.74, 6) is 0.101. The number of hydrogen-bond donors (Lipinski definition) is 2. The predicted molar refractivity (Wildman–Crippen MR) is 140 cm³/mol. The Bertz CT molecular complexity index is 1340. The number of sulfonamides is 1. The van der Waals surface area contributed by atoms with Gasteiger partial charge in [-0.3, -0.25) is 9.58 Å². The summed E-state index contributed by atoms with van der Waals surface area (Å²) in [6, 6.07) is 9.85. The Kier molecular flexibility index (Phi) is 7.58. The minimum Gasteiger partial charge on any atom is -0.355 e. The summed E-state index contributed by atoms with van der Waals surface area (Å²) in [6.07, 6.45) is 4.20. The van der Waals surface area contributed by atoms with Crippen molar-refractivity contribution < 1.29 is 12.8 Å². The molecule has 0 amide bonds. The van der Waals surface area contributed by atoms with Gasteiger partial charge in [-0.15, -0.1) is 0 Å². The molecule has 1 aromatic heterocycles. The first-order valence-corrected chi connectivity index (χ1v) is 13.4. The van der Waals surface area contributed by atoms with Crippen molar-refractivity contribution >= 4 is 27.6 Å². The van der Waals surface area contributed by atoms with Gasteiger partial charge in [-0.05, 0) is 60.4 Å². The zero-order valence-corrected chi connectivity index (χ0v) is 21.9. The molecule has 0 saturated carbocycles. The predicted octanol–water partition coefficient (Wildman–Crippen LogP) is 4.31. The maximum atomic E-state index is 13.4. The standard InChI is InChI=1S/C26H33FN6O2S/c1-18(2)15-32-9-10-33(36(34,35)23-14-29-31(4)16-23)17-26(32)24-12-20(13-28)25(11-19(24)3)30-22-7-5-21(27)6-8-22/h5-8,11-14,16,18,26,28,30H,9-10,15,17H2,1-4H3/t26-/m1/s1. The van der Waals surface area contributed by atoms with E-state index in [1.807, 2.05) is 19.1 Å². The van der Waals surface area contributed by atoms with E-state index in [4.69, 9.17) is 5.41 Å². The van der Waals surface area contributed by atoms with Crippen LogP contribution in [0, 0.1) is 24.1 Å². The van der Waals surface area contributed by atoms with Crippen molar-refractivity contribution in [2.75, 3.05) is 31.5 Å². The number of nitrogens with one attached hydrogen (secondary N) is 2. The van der Waals surface area contributed by atoms with Gasteiger partial charge in [0.2, 0.25) is 10.0 Å². The van der Waals surface area contributed by atoms with E-state index in [0.717, 1.165) is 29.0 Å². The molecule has 0 radical (unpaired) electrons. The summed E-state index contributed by atoms with van der Waals surface area (Å²) in [4.78, 5) is 2.53. The van der Waals surface area contributed by atoms with Crippen LogP contribution in [0.2, 0.25) is 0 Å². The molecule has 2 heterocycles. The lowest BCUT2D eigenvalue weighted by molar-refractivity contribution is 0.105. The summed E-state index contributed by atoms with van der Waals surface area (Å²) in [7, 11) is -1.98. The van der Waals surface area contributed by atoms with E-state index in [-0.39, 0.29) is 16.8 Å². The van der Waals surface area contributed by atoms with E-state index in [9.17, 15) is 12.8 Å². The minimum atomic E-state index is -3.68. The molecule has 36 heavy (non-hydrogen) atoms. The van der Waals surface area contributed by atoms with Crippen molar-refractivity contribution in [3.05, 3.63) is 71.3 Å². The lowest BCUT2D eigenvalue weighted by atomic mass is 9.94. The second kappa shape index (κ2) is 10.5. The second-order valence-electron chi connectivity index (χ2n) is 9.69. The highest BCUT2D eigenvalue weighted by molar-refractivity contribution is 7.89. The highest BCUT2D eigenvalue weighted by atomic mass is 32.2. The lowest BCUT2D eigenvalue weighted by Gasteiger charge is -2.42. The molecule has 1 saturated heterocycles. The molecule has 4 rings (SSSR count). The molecular weight excluding hydrogens is 479 g/mol. The Morgan fingerprint density at radius 1 is 1.22 bits per heavy atom. The number of piperazine rings is 1. The third kappa shape index (κ3) is 5.50. The second-order valence-corrected chi connectivity index (χ2v) is 11.6. The SMILES string of the molecule is Cc1cc(Nc2ccc(F)cc2)c(C=N)cc1[C@H]1CN(S(=O)(=O)c2cnn(C)c2)CCN1CC(C)C. The summed E-state index contributed by atoms with van der Waals surface area (Å²) in [5.41, 5.74) is 4.12. The highest BCUT2D eigenvalue weighted by Crippen LogP contribution is 2.34. The van der Waals surface area contributed by atoms with Crippen LogP contribution in [0.25, 0.3) is 0 Å². The fourth-order valence-corrected chi connectivity index (χ4v) is 6.12. The first-order valence-electron chi connectivity index (χ1n) is 12.0. The van der Waals surface area contributed by atoms with Crippen LogP contribution in [0.5, 0.6) is 0 Å². The molecule has 1 aliphatic rings. The van der Waals surface area contributed by atoms with Crippen LogP contribution in [-0.2, 0) is 17.1 Å². The van der Waals surface area contributed by atoms with Crippen molar-refractivity contribution in [1.82, 2.24) is 19.0 Å². The summed E-state index contributed by atoms with van der Waals surface area (Å²) >= 11 is 0. The number of aryl methyl sites for hydroxylation is 2. The highest BCUT2D eigenvalue weighted by Gasteiger charge is 2.36. The van der Waals surface area contributed by atoms with E-state index < -0.39 is 10.0 Å². The molecule has 8 nitrogen and oxygen atoms in total. The smallest absolute Gasteiger partial charge is 0.246 e. The lowest BCUT2D eigenvalue weighted by Crippen LogP contribution is -2.51. The van der Waals surface area contributed by atoms with Gasteiger partial charge in [-0.25, -0.2) is 12.8 Å². The fraction of sp³-hybridized carbons (Fsp3) is 0.385. The van der Waals surface area contributed by atoms with Crippen LogP contribution in [-0.4, -0.2) is 59.8 Å². The van der Waals surface area contributed by atoms with Crippen molar-refractivity contribution in [2.45, 2.75) is 31.7 Å². The van der Waals surface area contributed by atoms with Crippen LogP contribution in [0.4, 0.5) is 15.8 Å². The van der Waals surface area contributed by atoms with Gasteiger partial charge >= 0.3 is 0 Å². The number of aromatic nitrogens is 2. The summed E-state index contributed by atoms with van der Waals surface area (Å²) in [6.45, 7) is 8.47. The molecule has 1 fully saturated rings. The zero-order valence-electron chi connectivity index (χ0n) is 21.1. The van der Waals surface area contributed by atoms with Crippen molar-refractivity contribution in [1.29, 1.82) is 5.41 Å². The summed E-state index contributed by atoms with van der Waals surface area (Å²) in [5, 5.41) is 15.3. The average Bonchev–Trinajstić information content (AvgIpc) is 3.28. The van der Waals surface area contributed by atoms with Crippen molar-refractivity contribution in [2.24, 2.45) is 13.0 Å². The molecule has 192 valence electrons. The zero-order chi connectivity index (χ0) is 26.0. The van der Waals surface area contributed by atoms with Crippen LogP contribution < -0.4 is 5.32 Å².